The van der Waals surface area contributed by atoms with Gasteiger partial charge in [-0.25, -0.2) is 8.78 Å². The largest absolute Gasteiger partial charge is 0.334 e. The zero-order chi connectivity index (χ0) is 22.9. The van der Waals surface area contributed by atoms with Crippen LogP contribution in [0.15, 0.2) is 30.4 Å². The molecule has 0 bridgehead atoms. The molecule has 0 saturated carbocycles. The third-order valence-electron chi connectivity index (χ3n) is 5.75. The van der Waals surface area contributed by atoms with Gasteiger partial charge in [0.15, 0.2) is 0 Å². The fourth-order valence-electron chi connectivity index (χ4n) is 3.79. The van der Waals surface area contributed by atoms with Crippen molar-refractivity contribution in [1.29, 1.82) is 0 Å². The number of piperidine rings is 1. The van der Waals surface area contributed by atoms with Crippen LogP contribution < -0.4 is 5.32 Å². The lowest BCUT2D eigenvalue weighted by atomic mass is 9.98. The average molecular weight is 431 g/mol. The molecule has 9 heteroatoms. The Balaban J connectivity index is 1.82. The highest BCUT2D eigenvalue weighted by Crippen LogP contribution is 2.32. The summed E-state index contributed by atoms with van der Waals surface area (Å²) in [5.41, 5.74) is 0.574. The van der Waals surface area contributed by atoms with Gasteiger partial charge >= 0.3 is 0 Å². The number of amides is 4. The number of imide groups is 1. The van der Waals surface area contributed by atoms with Crippen LogP contribution in [0, 0.1) is 11.6 Å². The van der Waals surface area contributed by atoms with Gasteiger partial charge in [0.2, 0.25) is 12.3 Å². The molecule has 2 heterocycles. The summed E-state index contributed by atoms with van der Waals surface area (Å²) in [6, 6.07) is 0.438. The smallest absolute Gasteiger partial charge is 0.260 e. The minimum atomic E-state index is -1.09. The number of rotatable bonds is 6. The molecule has 0 radical (unpaired) electrons. The van der Waals surface area contributed by atoms with Crippen molar-refractivity contribution < 1.29 is 28.0 Å². The van der Waals surface area contributed by atoms with Crippen LogP contribution in [0.3, 0.4) is 0 Å². The number of fused-ring (bicyclic) bond motifs is 1. The van der Waals surface area contributed by atoms with Gasteiger partial charge in [0, 0.05) is 37.7 Å². The van der Waals surface area contributed by atoms with Gasteiger partial charge in [-0.3, -0.25) is 24.5 Å². The van der Waals surface area contributed by atoms with Crippen molar-refractivity contribution in [2.24, 2.45) is 0 Å². The van der Waals surface area contributed by atoms with E-state index in [4.69, 9.17) is 0 Å². The first-order valence-corrected chi connectivity index (χ1v) is 9.85. The highest BCUT2D eigenvalue weighted by atomic mass is 19.1. The van der Waals surface area contributed by atoms with Crippen LogP contribution in [0.5, 0.6) is 0 Å². The van der Waals surface area contributed by atoms with Crippen LogP contribution in [0.2, 0.25) is 0 Å². The molecule has 1 fully saturated rings. The first-order valence-electron chi connectivity index (χ1n) is 9.85. The number of nitrogens with zero attached hydrogens (tertiary/aromatic N) is 2. The van der Waals surface area contributed by atoms with Gasteiger partial charge in [-0.15, -0.1) is 0 Å². The van der Waals surface area contributed by atoms with E-state index in [2.05, 4.69) is 13.2 Å². The van der Waals surface area contributed by atoms with Crippen molar-refractivity contribution in [3.63, 3.8) is 0 Å². The summed E-state index contributed by atoms with van der Waals surface area (Å²) in [7, 11) is 0. The summed E-state index contributed by atoms with van der Waals surface area (Å²) >= 11 is 0. The second-order valence-corrected chi connectivity index (χ2v) is 7.76. The summed E-state index contributed by atoms with van der Waals surface area (Å²) in [6.07, 6.45) is 0.966. The van der Waals surface area contributed by atoms with Crippen molar-refractivity contribution in [2.45, 2.75) is 38.8 Å². The summed E-state index contributed by atoms with van der Waals surface area (Å²) in [4.78, 5) is 49.9. The van der Waals surface area contributed by atoms with Crippen molar-refractivity contribution in [1.82, 2.24) is 15.1 Å². The van der Waals surface area contributed by atoms with Crippen LogP contribution in [0.25, 0.3) is 0 Å². The Morgan fingerprint density at radius 3 is 2.61 bits per heavy atom. The van der Waals surface area contributed by atoms with E-state index in [1.165, 1.54) is 9.80 Å². The van der Waals surface area contributed by atoms with Gasteiger partial charge < -0.3 is 9.80 Å². The van der Waals surface area contributed by atoms with E-state index in [1.54, 1.807) is 6.92 Å². The first kappa shape index (κ1) is 22.3. The van der Waals surface area contributed by atoms with Crippen LogP contribution in [0.4, 0.5) is 8.78 Å². The number of carbonyl (C=O) groups is 4. The maximum Gasteiger partial charge on any atom is 0.260 e. The van der Waals surface area contributed by atoms with Crippen LogP contribution in [0.1, 0.15) is 52.5 Å². The molecule has 31 heavy (non-hydrogen) atoms. The molecule has 0 spiro atoms. The Morgan fingerprint density at radius 2 is 1.97 bits per heavy atom. The maximum absolute atomic E-state index is 15.2. The predicted octanol–water partition coefficient (Wildman–Crippen LogP) is 2.32. The minimum Gasteiger partial charge on any atom is -0.334 e. The van der Waals surface area contributed by atoms with E-state index in [1.807, 2.05) is 5.32 Å². The lowest BCUT2D eigenvalue weighted by Gasteiger charge is -2.30. The topological polar surface area (TPSA) is 86.8 Å². The number of hydrogen-bond donors (Lipinski definition) is 1. The number of nitrogens with one attached hydrogen (secondary N) is 1. The second-order valence-electron chi connectivity index (χ2n) is 7.76. The molecule has 4 amide bonds. The third-order valence-corrected chi connectivity index (χ3v) is 5.75. The molecule has 0 aliphatic carbocycles. The molecule has 3 rings (SSSR count). The average Bonchev–Trinajstić information content (AvgIpc) is 3.05. The lowest BCUT2D eigenvalue weighted by molar-refractivity contribution is -0.125. The Labute approximate surface area is 178 Å². The zero-order valence-corrected chi connectivity index (χ0v) is 17.2. The molecule has 1 N–H and O–H groups in total. The zero-order valence-electron chi connectivity index (χ0n) is 17.2. The standard InChI is InChI=1S/C22H23F2N3O4/c1-12-6-7-26(9-13(12)2)22(31)19-17(23)8-15-16(20(19)24)10-27(21(15)30)14(3)4-5-18(29)25-11-28/h8,11,14H,1-2,4-7,9-10H2,3H3,(H,25,28,29). The first-order chi connectivity index (χ1) is 14.6. The summed E-state index contributed by atoms with van der Waals surface area (Å²) < 4.78 is 30.0. The Bertz CT molecular complexity index is 1000. The number of halogens is 2. The molecule has 2 aliphatic rings. The van der Waals surface area contributed by atoms with Crippen molar-refractivity contribution in [3.05, 3.63) is 58.7 Å². The van der Waals surface area contributed by atoms with E-state index in [-0.39, 0.29) is 50.0 Å². The molecule has 1 unspecified atom stereocenters. The number of carbonyl (C=O) groups excluding carboxylic acids is 4. The summed E-state index contributed by atoms with van der Waals surface area (Å²) in [5, 5.41) is 2.01. The Kier molecular flexibility index (Phi) is 6.33. The van der Waals surface area contributed by atoms with E-state index < -0.39 is 41.0 Å². The molecule has 1 aromatic carbocycles. The van der Waals surface area contributed by atoms with Crippen molar-refractivity contribution >= 4 is 24.1 Å². The maximum atomic E-state index is 15.2. The minimum absolute atomic E-state index is 0.00918. The number of benzene rings is 1. The molecular weight excluding hydrogens is 408 g/mol. The fourth-order valence-corrected chi connectivity index (χ4v) is 3.79. The molecule has 1 atom stereocenters. The molecule has 1 aromatic rings. The molecule has 7 nitrogen and oxygen atoms in total. The number of hydrogen-bond acceptors (Lipinski definition) is 4. The van der Waals surface area contributed by atoms with Gasteiger partial charge in [0.05, 0.1) is 5.56 Å². The third kappa shape index (κ3) is 4.26. The van der Waals surface area contributed by atoms with E-state index in [9.17, 15) is 23.6 Å². The van der Waals surface area contributed by atoms with E-state index in [0.717, 1.165) is 11.6 Å². The monoisotopic (exact) mass is 431 g/mol. The quantitative estimate of drug-likeness (QED) is 0.701. The Morgan fingerprint density at radius 1 is 1.26 bits per heavy atom. The summed E-state index contributed by atoms with van der Waals surface area (Å²) in [5.74, 6) is -4.00. The molecule has 0 aromatic heterocycles. The molecule has 1 saturated heterocycles. The van der Waals surface area contributed by atoms with Gasteiger partial charge in [-0.1, -0.05) is 13.2 Å². The highest BCUT2D eigenvalue weighted by molar-refractivity contribution is 6.02. The Hall–Kier alpha value is -3.36. The van der Waals surface area contributed by atoms with Crippen molar-refractivity contribution in [3.8, 4) is 0 Å². The SMILES string of the molecule is C=C1CCN(C(=O)c2c(F)cc3c(c2F)CN(C(C)CCC(=O)NC=O)C3=O)CC1=C. The van der Waals surface area contributed by atoms with Crippen LogP contribution in [-0.2, 0) is 16.1 Å². The fraction of sp³-hybridized carbons (Fsp3) is 0.364. The predicted molar refractivity (Wildman–Crippen MR) is 108 cm³/mol. The van der Waals surface area contributed by atoms with E-state index >= 15 is 4.39 Å². The van der Waals surface area contributed by atoms with Crippen LogP contribution in [-0.4, -0.2) is 53.1 Å². The van der Waals surface area contributed by atoms with Gasteiger partial charge in [-0.2, -0.15) is 0 Å². The van der Waals surface area contributed by atoms with Gasteiger partial charge in [-0.05, 0) is 37.0 Å². The summed E-state index contributed by atoms with van der Waals surface area (Å²) in [6.45, 7) is 9.61. The normalized spacial score (nSPS) is 16.9. The van der Waals surface area contributed by atoms with Crippen molar-refractivity contribution in [2.75, 3.05) is 13.1 Å². The number of likely N-dealkylation sites (tertiary alicyclic amines) is 1. The van der Waals surface area contributed by atoms with E-state index in [0.29, 0.717) is 12.0 Å². The molecule has 164 valence electrons. The molecule has 2 aliphatic heterocycles. The lowest BCUT2D eigenvalue weighted by Crippen LogP contribution is -2.38. The second kappa shape index (κ2) is 8.79. The van der Waals surface area contributed by atoms with Gasteiger partial charge in [0.1, 0.15) is 17.2 Å². The van der Waals surface area contributed by atoms with Crippen LogP contribution >= 0.6 is 0 Å². The molecular formula is C22H23F2N3O4. The highest BCUT2D eigenvalue weighted by Gasteiger charge is 2.37. The van der Waals surface area contributed by atoms with Gasteiger partial charge in [0.25, 0.3) is 11.8 Å².